The summed E-state index contributed by atoms with van der Waals surface area (Å²) in [6, 6.07) is 7.66. The second-order valence-electron chi connectivity index (χ2n) is 6.05. The van der Waals surface area contributed by atoms with Crippen LogP contribution in [0.1, 0.15) is 49.8 Å². The molecule has 0 radical (unpaired) electrons. The van der Waals surface area contributed by atoms with Gasteiger partial charge < -0.3 is 5.32 Å². The molecule has 0 aliphatic heterocycles. The minimum absolute atomic E-state index is 0.207. The van der Waals surface area contributed by atoms with E-state index in [0.717, 1.165) is 17.5 Å². The van der Waals surface area contributed by atoms with Gasteiger partial charge in [0.2, 0.25) is 0 Å². The highest BCUT2D eigenvalue weighted by Gasteiger charge is 2.47. The van der Waals surface area contributed by atoms with E-state index in [9.17, 15) is 13.2 Å². The molecule has 0 amide bonds. The van der Waals surface area contributed by atoms with Crippen LogP contribution < -0.4 is 5.32 Å². The van der Waals surface area contributed by atoms with Crippen LogP contribution in [-0.2, 0) is 0 Å². The second kappa shape index (κ2) is 6.82. The summed E-state index contributed by atoms with van der Waals surface area (Å²) in [6.07, 6.45) is -1.60. The molecule has 3 unspecified atom stereocenters. The van der Waals surface area contributed by atoms with Gasteiger partial charge in [-0.15, -0.1) is 0 Å². The summed E-state index contributed by atoms with van der Waals surface area (Å²) in [6.45, 7) is 4.61. The number of alkyl halides is 3. The van der Waals surface area contributed by atoms with Crippen LogP contribution in [-0.4, -0.2) is 12.7 Å². The minimum atomic E-state index is -4.09. The Balaban J connectivity index is 2.31. The van der Waals surface area contributed by atoms with Crippen molar-refractivity contribution in [2.75, 3.05) is 6.54 Å². The van der Waals surface area contributed by atoms with Gasteiger partial charge in [-0.05, 0) is 37.8 Å². The fraction of sp³-hybridized carbons (Fsp3) is 0.647. The van der Waals surface area contributed by atoms with E-state index in [2.05, 4.69) is 5.32 Å². The van der Waals surface area contributed by atoms with Gasteiger partial charge in [0.1, 0.15) is 0 Å². The number of rotatable bonds is 4. The third-order valence-electron chi connectivity index (χ3n) is 4.49. The molecular weight excluding hydrogens is 275 g/mol. The molecule has 0 spiro atoms. The van der Waals surface area contributed by atoms with E-state index in [1.54, 1.807) is 0 Å². The van der Waals surface area contributed by atoms with Gasteiger partial charge in [-0.1, -0.05) is 49.6 Å². The number of hydrogen-bond donors (Lipinski definition) is 1. The molecule has 1 aromatic rings. The SMILES string of the molecule is CCNC(c1cccc(C)c1)C1CCCCC1C(F)(F)F. The van der Waals surface area contributed by atoms with Crippen molar-refractivity contribution in [1.29, 1.82) is 0 Å². The van der Waals surface area contributed by atoms with Crippen molar-refractivity contribution in [2.24, 2.45) is 11.8 Å². The smallest absolute Gasteiger partial charge is 0.310 e. The van der Waals surface area contributed by atoms with Crippen molar-refractivity contribution >= 4 is 0 Å². The van der Waals surface area contributed by atoms with Gasteiger partial charge in [0.05, 0.1) is 5.92 Å². The maximum absolute atomic E-state index is 13.4. The van der Waals surface area contributed by atoms with Crippen LogP contribution in [0.2, 0.25) is 0 Å². The highest BCUT2D eigenvalue weighted by molar-refractivity contribution is 5.26. The number of halogens is 3. The Morgan fingerprint density at radius 1 is 1.24 bits per heavy atom. The molecule has 1 aromatic carbocycles. The zero-order valence-electron chi connectivity index (χ0n) is 12.7. The molecule has 4 heteroatoms. The van der Waals surface area contributed by atoms with Gasteiger partial charge >= 0.3 is 6.18 Å². The van der Waals surface area contributed by atoms with Crippen LogP contribution in [0.15, 0.2) is 24.3 Å². The number of hydrogen-bond acceptors (Lipinski definition) is 1. The lowest BCUT2D eigenvalue weighted by atomic mass is 9.73. The van der Waals surface area contributed by atoms with Crippen LogP contribution in [0.3, 0.4) is 0 Å². The van der Waals surface area contributed by atoms with Crippen LogP contribution in [0.5, 0.6) is 0 Å². The summed E-state index contributed by atoms with van der Waals surface area (Å²) >= 11 is 0. The molecule has 3 atom stereocenters. The van der Waals surface area contributed by atoms with Gasteiger partial charge in [0.25, 0.3) is 0 Å². The Labute approximate surface area is 124 Å². The maximum atomic E-state index is 13.4. The van der Waals surface area contributed by atoms with E-state index in [4.69, 9.17) is 0 Å². The second-order valence-corrected chi connectivity index (χ2v) is 6.05. The van der Waals surface area contributed by atoms with Gasteiger partial charge in [-0.3, -0.25) is 0 Å². The first kappa shape index (κ1) is 16.3. The van der Waals surface area contributed by atoms with Crippen molar-refractivity contribution in [1.82, 2.24) is 5.32 Å². The largest absolute Gasteiger partial charge is 0.392 e. The van der Waals surface area contributed by atoms with E-state index < -0.39 is 12.1 Å². The minimum Gasteiger partial charge on any atom is -0.310 e. The predicted octanol–water partition coefficient (Wildman–Crippen LogP) is 5.01. The average Bonchev–Trinajstić information content (AvgIpc) is 2.44. The molecule has 21 heavy (non-hydrogen) atoms. The summed E-state index contributed by atoms with van der Waals surface area (Å²) in [4.78, 5) is 0. The van der Waals surface area contributed by atoms with Crippen molar-refractivity contribution in [3.05, 3.63) is 35.4 Å². The fourth-order valence-electron chi connectivity index (χ4n) is 3.56. The van der Waals surface area contributed by atoms with Crippen LogP contribution in [0.25, 0.3) is 0 Å². The van der Waals surface area contributed by atoms with E-state index in [1.165, 1.54) is 0 Å². The van der Waals surface area contributed by atoms with Crippen molar-refractivity contribution in [3.63, 3.8) is 0 Å². The third kappa shape index (κ3) is 4.00. The predicted molar refractivity (Wildman–Crippen MR) is 79.1 cm³/mol. The summed E-state index contributed by atoms with van der Waals surface area (Å²) in [5, 5.41) is 3.30. The summed E-state index contributed by atoms with van der Waals surface area (Å²) in [7, 11) is 0. The van der Waals surface area contributed by atoms with E-state index in [-0.39, 0.29) is 18.4 Å². The molecule has 0 aromatic heterocycles. The normalized spacial score (nSPS) is 24.8. The maximum Gasteiger partial charge on any atom is 0.392 e. The lowest BCUT2D eigenvalue weighted by molar-refractivity contribution is -0.199. The third-order valence-corrected chi connectivity index (χ3v) is 4.49. The monoisotopic (exact) mass is 299 g/mol. The van der Waals surface area contributed by atoms with E-state index in [1.807, 2.05) is 38.1 Å². The van der Waals surface area contributed by atoms with E-state index in [0.29, 0.717) is 19.4 Å². The Morgan fingerprint density at radius 3 is 2.57 bits per heavy atom. The molecule has 1 aliphatic carbocycles. The Kier molecular flexibility index (Phi) is 5.31. The average molecular weight is 299 g/mol. The van der Waals surface area contributed by atoms with Crippen molar-refractivity contribution < 1.29 is 13.2 Å². The topological polar surface area (TPSA) is 12.0 Å². The Hall–Kier alpha value is -1.03. The van der Waals surface area contributed by atoms with Gasteiger partial charge in [-0.2, -0.15) is 13.2 Å². The Morgan fingerprint density at radius 2 is 1.95 bits per heavy atom. The summed E-state index contributed by atoms with van der Waals surface area (Å²) in [5.41, 5.74) is 2.08. The fourth-order valence-corrected chi connectivity index (χ4v) is 3.56. The molecule has 0 bridgehead atoms. The standard InChI is InChI=1S/C17H24F3N/c1-3-21-16(13-8-6-7-12(2)11-13)14-9-4-5-10-15(14)17(18,19)20/h6-8,11,14-16,21H,3-5,9-10H2,1-2H3. The zero-order valence-corrected chi connectivity index (χ0v) is 12.7. The number of benzene rings is 1. The first-order valence-electron chi connectivity index (χ1n) is 7.80. The van der Waals surface area contributed by atoms with Gasteiger partial charge in [-0.25, -0.2) is 0 Å². The van der Waals surface area contributed by atoms with Crippen LogP contribution in [0.4, 0.5) is 13.2 Å². The lowest BCUT2D eigenvalue weighted by Crippen LogP contribution is -2.40. The molecule has 118 valence electrons. The molecule has 0 heterocycles. The van der Waals surface area contributed by atoms with Crippen molar-refractivity contribution in [2.45, 2.75) is 51.7 Å². The van der Waals surface area contributed by atoms with Gasteiger partial charge in [0.15, 0.2) is 0 Å². The molecule has 2 rings (SSSR count). The first-order chi connectivity index (χ1) is 9.93. The van der Waals surface area contributed by atoms with Gasteiger partial charge in [0, 0.05) is 6.04 Å². The zero-order chi connectivity index (χ0) is 15.5. The molecule has 1 nitrogen and oxygen atoms in total. The quantitative estimate of drug-likeness (QED) is 0.823. The molecule has 1 saturated carbocycles. The molecule has 0 saturated heterocycles. The first-order valence-corrected chi connectivity index (χ1v) is 7.80. The Bertz CT molecular complexity index is 456. The van der Waals surface area contributed by atoms with Crippen LogP contribution >= 0.6 is 0 Å². The molecular formula is C17H24F3N. The number of aryl methyl sites for hydroxylation is 1. The molecule has 1 N–H and O–H groups in total. The molecule has 1 aliphatic rings. The summed E-state index contributed by atoms with van der Waals surface area (Å²) < 4.78 is 40.1. The van der Waals surface area contributed by atoms with Crippen LogP contribution in [0, 0.1) is 18.8 Å². The highest BCUT2D eigenvalue weighted by Crippen LogP contribution is 2.46. The highest BCUT2D eigenvalue weighted by atomic mass is 19.4. The number of nitrogens with one attached hydrogen (secondary N) is 1. The van der Waals surface area contributed by atoms with E-state index >= 15 is 0 Å². The molecule has 1 fully saturated rings. The lowest BCUT2D eigenvalue weighted by Gasteiger charge is -2.38. The summed E-state index contributed by atoms with van der Waals surface area (Å²) in [5.74, 6) is -1.55. The van der Waals surface area contributed by atoms with Crippen molar-refractivity contribution in [3.8, 4) is 0 Å².